The van der Waals surface area contributed by atoms with Crippen LogP contribution >= 0.6 is 0 Å². The van der Waals surface area contributed by atoms with Gasteiger partial charge in [0.25, 0.3) is 5.91 Å². The number of ether oxygens (including phenoxy) is 1. The van der Waals surface area contributed by atoms with Gasteiger partial charge in [-0.25, -0.2) is 4.79 Å². The van der Waals surface area contributed by atoms with E-state index in [1.165, 1.54) is 44.9 Å². The van der Waals surface area contributed by atoms with Gasteiger partial charge in [0.05, 0.1) is 6.04 Å². The Kier molecular flexibility index (Phi) is 21.2. The van der Waals surface area contributed by atoms with Crippen molar-refractivity contribution in [2.75, 3.05) is 13.2 Å². The monoisotopic (exact) mass is 484 g/mol. The van der Waals surface area contributed by atoms with Crippen LogP contribution in [0.2, 0.25) is 0 Å². The summed E-state index contributed by atoms with van der Waals surface area (Å²) in [7, 11) is 0. The first kappa shape index (κ1) is 31.9. The third-order valence-corrected chi connectivity index (χ3v) is 5.77. The number of aliphatic carboxylic acids is 1. The van der Waals surface area contributed by atoms with Crippen molar-refractivity contribution < 1.29 is 29.0 Å². The standard InChI is InChI=1S/C26H48N2O6/c1-3-5-7-9-11-12-13-15-17-23(29)25(32)28-22(18-19-24(30)31)21-34-26(33)27-20-16-14-10-8-6-4-2/h22H,3-21H2,1-2H3,(H,27,33)(H,28,32)(H,30,31)/t22-/m0/s1. The summed E-state index contributed by atoms with van der Waals surface area (Å²) >= 11 is 0. The Hall–Kier alpha value is -2.12. The smallest absolute Gasteiger partial charge is 0.407 e. The van der Waals surface area contributed by atoms with E-state index in [-0.39, 0.29) is 25.9 Å². The summed E-state index contributed by atoms with van der Waals surface area (Å²) in [6.45, 7) is 4.68. The average Bonchev–Trinajstić information content (AvgIpc) is 2.81. The molecule has 1 atom stereocenters. The number of carbonyl (C=O) groups is 4. The Morgan fingerprint density at radius 1 is 0.735 bits per heavy atom. The van der Waals surface area contributed by atoms with E-state index in [0.717, 1.165) is 38.5 Å². The zero-order valence-corrected chi connectivity index (χ0v) is 21.5. The molecule has 0 aromatic carbocycles. The minimum atomic E-state index is -1.02. The van der Waals surface area contributed by atoms with Crippen LogP contribution in [0.3, 0.4) is 0 Å². The molecule has 34 heavy (non-hydrogen) atoms. The van der Waals surface area contributed by atoms with Gasteiger partial charge < -0.3 is 20.5 Å². The predicted molar refractivity (Wildman–Crippen MR) is 134 cm³/mol. The first-order chi connectivity index (χ1) is 16.4. The van der Waals surface area contributed by atoms with Crippen molar-refractivity contribution in [2.24, 2.45) is 0 Å². The number of carbonyl (C=O) groups excluding carboxylic acids is 3. The van der Waals surface area contributed by atoms with E-state index in [1.54, 1.807) is 0 Å². The minimum Gasteiger partial charge on any atom is -0.481 e. The Bertz CT molecular complexity index is 567. The van der Waals surface area contributed by atoms with E-state index in [9.17, 15) is 19.2 Å². The summed E-state index contributed by atoms with van der Waals surface area (Å²) in [5.41, 5.74) is 0. The van der Waals surface area contributed by atoms with E-state index in [1.807, 2.05) is 0 Å². The van der Waals surface area contributed by atoms with Crippen molar-refractivity contribution in [1.29, 1.82) is 0 Å². The number of alkyl carbamates (subject to hydrolysis) is 1. The first-order valence-electron chi connectivity index (χ1n) is 13.4. The lowest BCUT2D eigenvalue weighted by Crippen LogP contribution is -2.43. The first-order valence-corrected chi connectivity index (χ1v) is 13.4. The quantitative estimate of drug-likeness (QED) is 0.130. The SMILES string of the molecule is CCCCCCCCCCC(=O)C(=O)N[C@@H](CCC(=O)O)COC(=O)NCCCCCCCC. The summed E-state index contributed by atoms with van der Waals surface area (Å²) < 4.78 is 5.15. The highest BCUT2D eigenvalue weighted by Crippen LogP contribution is 2.10. The molecule has 0 fully saturated rings. The van der Waals surface area contributed by atoms with Crippen molar-refractivity contribution in [1.82, 2.24) is 10.6 Å². The number of amides is 2. The molecule has 0 aromatic heterocycles. The van der Waals surface area contributed by atoms with Crippen LogP contribution in [0.5, 0.6) is 0 Å². The van der Waals surface area contributed by atoms with E-state index >= 15 is 0 Å². The van der Waals surface area contributed by atoms with Crippen LogP contribution < -0.4 is 10.6 Å². The lowest BCUT2D eigenvalue weighted by Gasteiger charge is -2.18. The van der Waals surface area contributed by atoms with E-state index in [0.29, 0.717) is 13.0 Å². The summed E-state index contributed by atoms with van der Waals surface area (Å²) in [6.07, 6.45) is 14.8. The van der Waals surface area contributed by atoms with Gasteiger partial charge in [-0.2, -0.15) is 0 Å². The molecule has 8 nitrogen and oxygen atoms in total. The fourth-order valence-corrected chi connectivity index (χ4v) is 3.62. The second-order valence-electron chi connectivity index (χ2n) is 9.04. The van der Waals surface area contributed by atoms with Gasteiger partial charge in [0.15, 0.2) is 0 Å². The second kappa shape index (κ2) is 22.7. The van der Waals surface area contributed by atoms with Gasteiger partial charge in [0, 0.05) is 19.4 Å². The van der Waals surface area contributed by atoms with Gasteiger partial charge >= 0.3 is 12.1 Å². The van der Waals surface area contributed by atoms with Crippen LogP contribution in [0.25, 0.3) is 0 Å². The predicted octanol–water partition coefficient (Wildman–Crippen LogP) is 5.52. The number of hydrogen-bond acceptors (Lipinski definition) is 5. The van der Waals surface area contributed by atoms with E-state index < -0.39 is 29.8 Å². The molecule has 0 aliphatic heterocycles. The molecule has 0 saturated heterocycles. The molecule has 0 aliphatic carbocycles. The maximum absolute atomic E-state index is 12.2. The van der Waals surface area contributed by atoms with Crippen molar-refractivity contribution in [3.05, 3.63) is 0 Å². The van der Waals surface area contributed by atoms with Gasteiger partial charge in [-0.1, -0.05) is 90.9 Å². The summed E-state index contributed by atoms with van der Waals surface area (Å²) in [4.78, 5) is 47.2. The Morgan fingerprint density at radius 2 is 1.26 bits per heavy atom. The van der Waals surface area contributed by atoms with Crippen LogP contribution in [-0.4, -0.2) is 48.1 Å². The van der Waals surface area contributed by atoms with Crippen LogP contribution in [0, 0.1) is 0 Å². The molecule has 8 heteroatoms. The summed E-state index contributed by atoms with van der Waals surface area (Å²) in [5, 5.41) is 14.1. The molecule has 198 valence electrons. The number of ketones is 1. The number of carboxylic acid groups (broad SMARTS) is 1. The Balaban J connectivity index is 4.19. The average molecular weight is 485 g/mol. The van der Waals surface area contributed by atoms with Crippen molar-refractivity contribution in [3.63, 3.8) is 0 Å². The lowest BCUT2D eigenvalue weighted by atomic mass is 10.1. The molecule has 0 bridgehead atoms. The molecule has 3 N–H and O–H groups in total. The third kappa shape index (κ3) is 20.5. The maximum Gasteiger partial charge on any atom is 0.407 e. The molecule has 0 aromatic rings. The zero-order valence-electron chi connectivity index (χ0n) is 21.5. The number of nitrogens with one attached hydrogen (secondary N) is 2. The molecule has 2 amide bonds. The van der Waals surface area contributed by atoms with Crippen LogP contribution in [0.15, 0.2) is 0 Å². The Labute approximate surface area is 206 Å². The van der Waals surface area contributed by atoms with Crippen molar-refractivity contribution in [3.8, 4) is 0 Å². The number of carboxylic acids is 1. The highest BCUT2D eigenvalue weighted by molar-refractivity contribution is 6.36. The number of rotatable bonds is 23. The Morgan fingerprint density at radius 3 is 1.82 bits per heavy atom. The van der Waals surface area contributed by atoms with E-state index in [2.05, 4.69) is 24.5 Å². The van der Waals surface area contributed by atoms with Crippen molar-refractivity contribution in [2.45, 2.75) is 129 Å². The van der Waals surface area contributed by atoms with Crippen LogP contribution in [0.1, 0.15) is 123 Å². The molecule has 0 radical (unpaired) electrons. The van der Waals surface area contributed by atoms with E-state index in [4.69, 9.17) is 9.84 Å². The van der Waals surface area contributed by atoms with Crippen LogP contribution in [-0.2, 0) is 19.1 Å². The largest absolute Gasteiger partial charge is 0.481 e. The number of Topliss-reactive ketones (excluding diaryl/α,β-unsaturated/α-hetero) is 1. The van der Waals surface area contributed by atoms with Gasteiger partial charge in [-0.3, -0.25) is 14.4 Å². The molecule has 0 unspecified atom stereocenters. The molecular formula is C26H48N2O6. The fourth-order valence-electron chi connectivity index (χ4n) is 3.62. The summed E-state index contributed by atoms with van der Waals surface area (Å²) in [5.74, 6) is -2.27. The second-order valence-corrected chi connectivity index (χ2v) is 9.04. The normalized spacial score (nSPS) is 11.6. The van der Waals surface area contributed by atoms with Gasteiger partial charge in [0.2, 0.25) is 5.78 Å². The topological polar surface area (TPSA) is 122 Å². The molecule has 0 saturated carbocycles. The molecular weight excluding hydrogens is 436 g/mol. The highest BCUT2D eigenvalue weighted by atomic mass is 16.5. The number of unbranched alkanes of at least 4 members (excludes halogenated alkanes) is 12. The van der Waals surface area contributed by atoms with Crippen molar-refractivity contribution >= 4 is 23.8 Å². The summed E-state index contributed by atoms with van der Waals surface area (Å²) in [6, 6.07) is -0.717. The molecule has 0 spiro atoms. The van der Waals surface area contributed by atoms with Crippen LogP contribution in [0.4, 0.5) is 4.79 Å². The molecule has 0 rings (SSSR count). The highest BCUT2D eigenvalue weighted by Gasteiger charge is 2.20. The maximum atomic E-state index is 12.2. The molecule has 0 aliphatic rings. The lowest BCUT2D eigenvalue weighted by molar-refractivity contribution is -0.139. The third-order valence-electron chi connectivity index (χ3n) is 5.77. The fraction of sp³-hybridized carbons (Fsp3) is 0.846. The molecule has 0 heterocycles. The zero-order chi connectivity index (χ0) is 25.4. The van der Waals surface area contributed by atoms with Gasteiger partial charge in [-0.15, -0.1) is 0 Å². The number of hydrogen-bond donors (Lipinski definition) is 3. The van der Waals surface area contributed by atoms with Gasteiger partial charge in [0.1, 0.15) is 6.61 Å². The van der Waals surface area contributed by atoms with Gasteiger partial charge in [-0.05, 0) is 19.3 Å². The minimum absolute atomic E-state index is 0.0802.